The zero-order valence-electron chi connectivity index (χ0n) is 10.2. The van der Waals surface area contributed by atoms with E-state index in [2.05, 4.69) is 21.2 Å². The number of benzene rings is 1. The van der Waals surface area contributed by atoms with Crippen LogP contribution in [0.5, 0.6) is 0 Å². The predicted octanol–water partition coefficient (Wildman–Crippen LogP) is 2.98. The Labute approximate surface area is 124 Å². The summed E-state index contributed by atoms with van der Waals surface area (Å²) in [5, 5.41) is 13.7. The molecule has 0 spiro atoms. The molecule has 2 N–H and O–H groups in total. The van der Waals surface area contributed by atoms with Crippen molar-refractivity contribution in [2.45, 2.75) is 13.0 Å². The molecule has 0 aliphatic rings. The predicted molar refractivity (Wildman–Crippen MR) is 80.4 cm³/mol. The molecular weight excluding hydrogens is 326 g/mol. The van der Waals surface area contributed by atoms with Gasteiger partial charge in [-0.15, -0.1) is 11.3 Å². The van der Waals surface area contributed by atoms with Crippen molar-refractivity contribution in [1.82, 2.24) is 5.32 Å². The third-order valence-corrected chi connectivity index (χ3v) is 4.24. The van der Waals surface area contributed by atoms with Crippen LogP contribution >= 0.6 is 27.3 Å². The molecule has 0 aliphatic carbocycles. The molecule has 3 nitrogen and oxygen atoms in total. The first-order valence-electron chi connectivity index (χ1n) is 5.90. The van der Waals surface area contributed by atoms with E-state index >= 15 is 0 Å². The minimum Gasteiger partial charge on any atom is -0.392 e. The first-order valence-corrected chi connectivity index (χ1v) is 7.57. The van der Waals surface area contributed by atoms with E-state index in [1.165, 1.54) is 11.3 Å². The average molecular weight is 340 g/mol. The highest BCUT2D eigenvalue weighted by Crippen LogP contribution is 2.20. The van der Waals surface area contributed by atoms with Crippen molar-refractivity contribution in [3.63, 3.8) is 0 Å². The molecule has 19 heavy (non-hydrogen) atoms. The van der Waals surface area contributed by atoms with Gasteiger partial charge in [-0.25, -0.2) is 0 Å². The molecule has 0 saturated heterocycles. The molecule has 0 bridgehead atoms. The Hall–Kier alpha value is -1.17. The van der Waals surface area contributed by atoms with Gasteiger partial charge < -0.3 is 10.4 Å². The van der Waals surface area contributed by atoms with Crippen LogP contribution in [-0.2, 0) is 13.0 Å². The van der Waals surface area contributed by atoms with Gasteiger partial charge in [-0.1, -0.05) is 24.3 Å². The second-order valence-electron chi connectivity index (χ2n) is 4.12. The third kappa shape index (κ3) is 4.16. The van der Waals surface area contributed by atoms with Gasteiger partial charge in [0.2, 0.25) is 0 Å². The smallest absolute Gasteiger partial charge is 0.252 e. The van der Waals surface area contributed by atoms with Gasteiger partial charge in [0, 0.05) is 11.9 Å². The summed E-state index contributed by atoms with van der Waals surface area (Å²) in [4.78, 5) is 11.8. The van der Waals surface area contributed by atoms with Gasteiger partial charge in [-0.05, 0) is 39.5 Å². The molecule has 2 aromatic rings. The van der Waals surface area contributed by atoms with Crippen LogP contribution in [0.2, 0.25) is 0 Å². The largest absolute Gasteiger partial charge is 0.392 e. The van der Waals surface area contributed by atoms with Crippen molar-refractivity contribution in [1.29, 1.82) is 0 Å². The summed E-state index contributed by atoms with van der Waals surface area (Å²) in [7, 11) is 0. The number of aliphatic hydroxyl groups excluding tert-OH is 1. The van der Waals surface area contributed by atoms with Crippen molar-refractivity contribution >= 4 is 33.2 Å². The fraction of sp³-hybridized carbons (Fsp3) is 0.214. The maximum atomic E-state index is 11.8. The van der Waals surface area contributed by atoms with E-state index in [0.717, 1.165) is 21.3 Å². The van der Waals surface area contributed by atoms with Gasteiger partial charge in [0.1, 0.15) is 0 Å². The zero-order chi connectivity index (χ0) is 13.7. The van der Waals surface area contributed by atoms with E-state index in [1.54, 1.807) is 0 Å². The fourth-order valence-corrected chi connectivity index (χ4v) is 2.80. The molecule has 2 rings (SSSR count). The van der Waals surface area contributed by atoms with Gasteiger partial charge in [0.15, 0.2) is 0 Å². The monoisotopic (exact) mass is 339 g/mol. The standard InChI is InChI=1S/C14H14BrNO2S/c15-13-7-12(9-19-13)14(18)16-6-5-10-1-3-11(8-17)4-2-10/h1-4,7,9,17H,5-6,8H2,(H,16,18). The quantitative estimate of drug-likeness (QED) is 0.879. The summed E-state index contributed by atoms with van der Waals surface area (Å²) in [6.07, 6.45) is 0.781. The number of rotatable bonds is 5. The van der Waals surface area contributed by atoms with Gasteiger partial charge in [-0.3, -0.25) is 4.79 Å². The van der Waals surface area contributed by atoms with Gasteiger partial charge in [0.05, 0.1) is 16.0 Å². The Balaban J connectivity index is 1.81. The molecule has 0 radical (unpaired) electrons. The summed E-state index contributed by atoms with van der Waals surface area (Å²) in [5.74, 6) is -0.0473. The maximum Gasteiger partial charge on any atom is 0.252 e. The summed E-state index contributed by atoms with van der Waals surface area (Å²) < 4.78 is 0.956. The SMILES string of the molecule is O=C(NCCc1ccc(CO)cc1)c1csc(Br)c1. The van der Waals surface area contributed by atoms with E-state index < -0.39 is 0 Å². The number of carbonyl (C=O) groups is 1. The van der Waals surface area contributed by atoms with Crippen LogP contribution in [0.3, 0.4) is 0 Å². The highest BCUT2D eigenvalue weighted by molar-refractivity contribution is 9.11. The summed E-state index contributed by atoms with van der Waals surface area (Å²) in [6, 6.07) is 9.55. The van der Waals surface area contributed by atoms with Crippen LogP contribution in [0.25, 0.3) is 0 Å². The number of hydrogen-bond acceptors (Lipinski definition) is 3. The Kier molecular flexibility index (Phi) is 5.13. The molecule has 1 amide bonds. The maximum absolute atomic E-state index is 11.8. The van der Waals surface area contributed by atoms with Crippen molar-refractivity contribution < 1.29 is 9.90 Å². The molecule has 1 heterocycles. The topological polar surface area (TPSA) is 49.3 Å². The second-order valence-corrected chi connectivity index (χ2v) is 6.41. The van der Waals surface area contributed by atoms with Crippen LogP contribution in [0.4, 0.5) is 0 Å². The van der Waals surface area contributed by atoms with Crippen molar-refractivity contribution in [2.75, 3.05) is 6.54 Å². The molecule has 0 fully saturated rings. The number of halogens is 1. The third-order valence-electron chi connectivity index (χ3n) is 2.73. The molecule has 100 valence electrons. The molecule has 0 atom stereocenters. The molecule has 1 aromatic heterocycles. The van der Waals surface area contributed by atoms with Crippen LogP contribution in [0.15, 0.2) is 39.5 Å². The van der Waals surface area contributed by atoms with Gasteiger partial charge in [-0.2, -0.15) is 0 Å². The normalized spacial score (nSPS) is 10.4. The Morgan fingerprint density at radius 1 is 1.26 bits per heavy atom. The lowest BCUT2D eigenvalue weighted by Crippen LogP contribution is -2.25. The zero-order valence-corrected chi connectivity index (χ0v) is 12.6. The number of amides is 1. The molecule has 5 heteroatoms. The lowest BCUT2D eigenvalue weighted by molar-refractivity contribution is 0.0954. The van der Waals surface area contributed by atoms with Crippen LogP contribution in [-0.4, -0.2) is 17.6 Å². The van der Waals surface area contributed by atoms with Crippen LogP contribution < -0.4 is 5.32 Å². The minimum atomic E-state index is -0.0473. The second kappa shape index (κ2) is 6.84. The first kappa shape index (κ1) is 14.2. The van der Waals surface area contributed by atoms with E-state index in [9.17, 15) is 4.79 Å². The van der Waals surface area contributed by atoms with Crippen molar-refractivity contribution in [3.8, 4) is 0 Å². The molecule has 0 aliphatic heterocycles. The molecular formula is C14H14BrNO2S. The highest BCUT2D eigenvalue weighted by Gasteiger charge is 2.06. The summed E-state index contributed by atoms with van der Waals surface area (Å²) in [5.41, 5.74) is 2.73. The summed E-state index contributed by atoms with van der Waals surface area (Å²) >= 11 is 4.84. The number of carbonyl (C=O) groups excluding carboxylic acids is 1. The Bertz CT molecular complexity index is 551. The lowest BCUT2D eigenvalue weighted by Gasteiger charge is -2.05. The van der Waals surface area contributed by atoms with E-state index in [-0.39, 0.29) is 12.5 Å². The minimum absolute atomic E-state index is 0.0473. The lowest BCUT2D eigenvalue weighted by atomic mass is 10.1. The molecule has 0 saturated carbocycles. The van der Waals surface area contributed by atoms with Crippen LogP contribution in [0, 0.1) is 0 Å². The number of nitrogens with one attached hydrogen (secondary N) is 1. The van der Waals surface area contributed by atoms with Crippen molar-refractivity contribution in [3.05, 3.63) is 56.2 Å². The van der Waals surface area contributed by atoms with E-state index in [1.807, 2.05) is 35.7 Å². The van der Waals surface area contributed by atoms with Gasteiger partial charge >= 0.3 is 0 Å². The number of hydrogen-bond donors (Lipinski definition) is 2. The Morgan fingerprint density at radius 2 is 1.95 bits per heavy atom. The van der Waals surface area contributed by atoms with Crippen LogP contribution in [0.1, 0.15) is 21.5 Å². The fourth-order valence-electron chi connectivity index (χ4n) is 1.66. The van der Waals surface area contributed by atoms with E-state index in [4.69, 9.17) is 5.11 Å². The first-order chi connectivity index (χ1) is 9.19. The molecule has 0 unspecified atom stereocenters. The van der Waals surface area contributed by atoms with E-state index in [0.29, 0.717) is 12.1 Å². The van der Waals surface area contributed by atoms with Crippen molar-refractivity contribution in [2.24, 2.45) is 0 Å². The molecule has 1 aromatic carbocycles. The summed E-state index contributed by atoms with van der Waals surface area (Å²) in [6.45, 7) is 0.662. The number of aliphatic hydroxyl groups is 1. The average Bonchev–Trinajstić information content (AvgIpc) is 2.86. The highest BCUT2D eigenvalue weighted by atomic mass is 79.9. The number of thiophene rings is 1. The Morgan fingerprint density at radius 3 is 2.53 bits per heavy atom. The van der Waals surface area contributed by atoms with Gasteiger partial charge in [0.25, 0.3) is 5.91 Å².